The third kappa shape index (κ3) is 3.58. The minimum Gasteiger partial charge on any atom is -0.373 e. The van der Waals surface area contributed by atoms with Crippen molar-refractivity contribution >= 4 is 17.3 Å². The Bertz CT molecular complexity index is 421. The summed E-state index contributed by atoms with van der Waals surface area (Å²) in [5.41, 5.74) is 0.0419. The summed E-state index contributed by atoms with van der Waals surface area (Å²) in [5.74, 6) is 1.60. The van der Waals surface area contributed by atoms with Crippen LogP contribution in [0.25, 0.3) is 0 Å². The van der Waals surface area contributed by atoms with E-state index in [1.165, 1.54) is 6.07 Å². The number of nitrogens with one attached hydrogen (secondary N) is 1. The topological polar surface area (TPSA) is 71.3 Å². The molecule has 0 spiro atoms. The van der Waals surface area contributed by atoms with E-state index in [1.807, 2.05) is 11.9 Å². The highest BCUT2D eigenvalue weighted by atomic mass is 16.6. The van der Waals surface area contributed by atoms with Crippen molar-refractivity contribution in [3.05, 3.63) is 22.2 Å². The lowest BCUT2D eigenvalue weighted by Gasteiger charge is -2.19. The number of aromatic nitrogens is 1. The lowest BCUT2D eigenvalue weighted by Crippen LogP contribution is -2.22. The summed E-state index contributed by atoms with van der Waals surface area (Å²) in [5, 5.41) is 13.9. The van der Waals surface area contributed by atoms with Gasteiger partial charge in [0.05, 0.1) is 4.92 Å². The predicted molar refractivity (Wildman–Crippen MR) is 73.2 cm³/mol. The van der Waals surface area contributed by atoms with Crippen molar-refractivity contribution in [1.29, 1.82) is 0 Å². The summed E-state index contributed by atoms with van der Waals surface area (Å²) < 4.78 is 0. The zero-order valence-corrected chi connectivity index (χ0v) is 11.3. The molecule has 0 saturated heterocycles. The largest absolute Gasteiger partial charge is 0.373 e. The molecule has 1 N–H and O–H groups in total. The molecule has 0 unspecified atom stereocenters. The molecule has 18 heavy (non-hydrogen) atoms. The zero-order valence-electron chi connectivity index (χ0n) is 11.3. The van der Waals surface area contributed by atoms with Gasteiger partial charge < -0.3 is 10.2 Å². The molecule has 1 aromatic rings. The van der Waals surface area contributed by atoms with Gasteiger partial charge in [-0.05, 0) is 18.4 Å². The summed E-state index contributed by atoms with van der Waals surface area (Å²) in [6, 6.07) is 3.10. The minimum absolute atomic E-state index is 0.0419. The first-order chi connectivity index (χ1) is 8.45. The maximum Gasteiger partial charge on any atom is 0.311 e. The van der Waals surface area contributed by atoms with E-state index in [4.69, 9.17) is 0 Å². The Kier molecular flexibility index (Phi) is 4.88. The van der Waals surface area contributed by atoms with Crippen molar-refractivity contribution in [2.45, 2.75) is 20.3 Å². The summed E-state index contributed by atoms with van der Waals surface area (Å²) >= 11 is 0. The summed E-state index contributed by atoms with van der Waals surface area (Å²) in [7, 11) is 3.57. The maximum atomic E-state index is 11.0. The average Bonchev–Trinajstić information content (AvgIpc) is 2.34. The van der Waals surface area contributed by atoms with Crippen LogP contribution in [0.1, 0.15) is 20.3 Å². The lowest BCUT2D eigenvalue weighted by molar-refractivity contribution is -0.384. The molecule has 0 aliphatic heterocycles. The average molecular weight is 252 g/mol. The predicted octanol–water partition coefficient (Wildman–Crippen LogP) is 2.51. The smallest absolute Gasteiger partial charge is 0.311 e. The molecule has 0 aliphatic rings. The van der Waals surface area contributed by atoms with Crippen LogP contribution in [0.15, 0.2) is 12.1 Å². The van der Waals surface area contributed by atoms with E-state index in [-0.39, 0.29) is 5.69 Å². The fraction of sp³-hybridized carbons (Fsp3) is 0.583. The van der Waals surface area contributed by atoms with Gasteiger partial charge in [0.15, 0.2) is 0 Å². The van der Waals surface area contributed by atoms with E-state index in [0.717, 1.165) is 13.0 Å². The Morgan fingerprint density at radius 1 is 1.50 bits per heavy atom. The Balaban J connectivity index is 2.99. The Labute approximate surface area is 107 Å². The van der Waals surface area contributed by atoms with Gasteiger partial charge in [0, 0.05) is 26.7 Å². The van der Waals surface area contributed by atoms with Gasteiger partial charge in [0.1, 0.15) is 5.82 Å². The molecule has 1 rings (SSSR count). The van der Waals surface area contributed by atoms with E-state index in [9.17, 15) is 10.1 Å². The molecule has 0 radical (unpaired) electrons. The molecular formula is C12H20N4O2. The quantitative estimate of drug-likeness (QED) is 0.622. The highest BCUT2D eigenvalue weighted by molar-refractivity contribution is 5.61. The first kappa shape index (κ1) is 14.2. The van der Waals surface area contributed by atoms with Crippen LogP contribution < -0.4 is 10.2 Å². The van der Waals surface area contributed by atoms with Crippen molar-refractivity contribution in [3.63, 3.8) is 0 Å². The number of pyridine rings is 1. The second kappa shape index (κ2) is 6.18. The molecule has 6 heteroatoms. The molecule has 0 amide bonds. The summed E-state index contributed by atoms with van der Waals surface area (Å²) in [6.07, 6.45) is 0.971. The van der Waals surface area contributed by atoms with Crippen LogP contribution >= 0.6 is 0 Å². The molecule has 1 heterocycles. The SMILES string of the molecule is CNc1ccc([N+](=O)[O-])c(N(C)CCC(C)C)n1. The van der Waals surface area contributed by atoms with Crippen molar-refractivity contribution < 1.29 is 4.92 Å². The lowest BCUT2D eigenvalue weighted by atomic mass is 10.1. The molecule has 0 aliphatic carbocycles. The van der Waals surface area contributed by atoms with E-state index >= 15 is 0 Å². The molecule has 6 nitrogen and oxygen atoms in total. The normalized spacial score (nSPS) is 10.5. The number of rotatable bonds is 6. The van der Waals surface area contributed by atoms with Crippen LogP contribution in [0, 0.1) is 16.0 Å². The molecule has 100 valence electrons. The molecule has 1 aromatic heterocycles. The maximum absolute atomic E-state index is 11.0. The van der Waals surface area contributed by atoms with Gasteiger partial charge in [-0.2, -0.15) is 0 Å². The molecule has 0 bridgehead atoms. The Morgan fingerprint density at radius 3 is 2.67 bits per heavy atom. The first-order valence-electron chi connectivity index (χ1n) is 6.00. The minimum atomic E-state index is -0.395. The summed E-state index contributed by atoms with van der Waals surface area (Å²) in [6.45, 7) is 5.00. The third-order valence-corrected chi connectivity index (χ3v) is 2.71. The van der Waals surface area contributed by atoms with Crippen molar-refractivity contribution in [2.24, 2.45) is 5.92 Å². The fourth-order valence-electron chi connectivity index (χ4n) is 1.56. The summed E-state index contributed by atoms with van der Waals surface area (Å²) in [4.78, 5) is 16.7. The van der Waals surface area contributed by atoms with Gasteiger partial charge in [0.25, 0.3) is 0 Å². The van der Waals surface area contributed by atoms with Gasteiger partial charge >= 0.3 is 5.69 Å². The number of hydrogen-bond donors (Lipinski definition) is 1. The standard InChI is InChI=1S/C12H20N4O2/c1-9(2)7-8-15(4)12-10(16(17)18)5-6-11(13-3)14-12/h5-6,9H,7-8H2,1-4H3,(H,13,14). The molecule has 0 atom stereocenters. The van der Waals surface area contributed by atoms with Gasteiger partial charge in [-0.3, -0.25) is 10.1 Å². The number of anilines is 2. The Morgan fingerprint density at radius 2 is 2.17 bits per heavy atom. The van der Waals surface area contributed by atoms with Crippen LogP contribution in [-0.4, -0.2) is 30.5 Å². The highest BCUT2D eigenvalue weighted by Crippen LogP contribution is 2.27. The fourth-order valence-corrected chi connectivity index (χ4v) is 1.56. The number of hydrogen-bond acceptors (Lipinski definition) is 5. The first-order valence-corrected chi connectivity index (χ1v) is 6.00. The van der Waals surface area contributed by atoms with E-state index < -0.39 is 4.92 Å². The number of nitrogens with zero attached hydrogens (tertiary/aromatic N) is 3. The third-order valence-electron chi connectivity index (χ3n) is 2.71. The second-order valence-electron chi connectivity index (χ2n) is 4.65. The molecule has 0 aromatic carbocycles. The number of nitro groups is 1. The van der Waals surface area contributed by atoms with Gasteiger partial charge in [-0.1, -0.05) is 13.8 Å². The van der Waals surface area contributed by atoms with E-state index in [0.29, 0.717) is 17.6 Å². The van der Waals surface area contributed by atoms with E-state index in [2.05, 4.69) is 24.1 Å². The zero-order chi connectivity index (χ0) is 13.7. The van der Waals surface area contributed by atoms with Crippen molar-refractivity contribution in [1.82, 2.24) is 4.98 Å². The van der Waals surface area contributed by atoms with Crippen LogP contribution in [0.5, 0.6) is 0 Å². The highest BCUT2D eigenvalue weighted by Gasteiger charge is 2.19. The van der Waals surface area contributed by atoms with Crippen LogP contribution in [0.3, 0.4) is 0 Å². The second-order valence-corrected chi connectivity index (χ2v) is 4.65. The van der Waals surface area contributed by atoms with Crippen LogP contribution in [-0.2, 0) is 0 Å². The monoisotopic (exact) mass is 252 g/mol. The van der Waals surface area contributed by atoms with Crippen LogP contribution in [0.2, 0.25) is 0 Å². The molecular weight excluding hydrogens is 232 g/mol. The molecule has 0 saturated carbocycles. The van der Waals surface area contributed by atoms with Crippen LogP contribution in [0.4, 0.5) is 17.3 Å². The van der Waals surface area contributed by atoms with Gasteiger partial charge in [-0.15, -0.1) is 0 Å². The van der Waals surface area contributed by atoms with Crippen molar-refractivity contribution in [3.8, 4) is 0 Å². The van der Waals surface area contributed by atoms with E-state index in [1.54, 1.807) is 13.1 Å². The van der Waals surface area contributed by atoms with Gasteiger partial charge in [0.2, 0.25) is 5.82 Å². The van der Waals surface area contributed by atoms with Crippen molar-refractivity contribution in [2.75, 3.05) is 30.9 Å². The Hall–Kier alpha value is -1.85. The molecule has 0 fully saturated rings. The van der Waals surface area contributed by atoms with Gasteiger partial charge in [-0.25, -0.2) is 4.98 Å².